The van der Waals surface area contributed by atoms with E-state index >= 15 is 0 Å². The van der Waals surface area contributed by atoms with Crippen LogP contribution in [0.1, 0.15) is 28.8 Å². The highest BCUT2D eigenvalue weighted by Crippen LogP contribution is 2.24. The number of hydrogen-bond donors (Lipinski definition) is 1. The maximum Gasteiger partial charge on any atom is 0.226 e. The van der Waals surface area contributed by atoms with Crippen LogP contribution in [0.2, 0.25) is 0 Å². The molecule has 1 aliphatic carbocycles. The third-order valence-corrected chi connectivity index (χ3v) is 5.39. The minimum atomic E-state index is 0.00327. The number of aromatic nitrogens is 2. The molecule has 1 amide bonds. The zero-order chi connectivity index (χ0) is 17.1. The van der Waals surface area contributed by atoms with Gasteiger partial charge in [-0.05, 0) is 48.1 Å². The number of hydrogen-bond acceptors (Lipinski definition) is 4. The molecule has 25 heavy (non-hydrogen) atoms. The fourth-order valence-electron chi connectivity index (χ4n) is 3.17. The first-order chi connectivity index (χ1) is 12.3. The lowest BCUT2D eigenvalue weighted by Gasteiger charge is -2.07. The molecule has 126 valence electrons. The molecule has 0 saturated heterocycles. The highest BCUT2D eigenvalue weighted by molar-refractivity contribution is 7.13. The van der Waals surface area contributed by atoms with Crippen molar-refractivity contribution in [2.24, 2.45) is 0 Å². The van der Waals surface area contributed by atoms with Crippen LogP contribution in [0, 0.1) is 0 Å². The molecule has 0 radical (unpaired) electrons. The van der Waals surface area contributed by atoms with E-state index in [9.17, 15) is 4.79 Å². The molecule has 2 heterocycles. The second-order valence-electron chi connectivity index (χ2n) is 6.30. The monoisotopic (exact) mass is 349 g/mol. The fourth-order valence-corrected chi connectivity index (χ4v) is 3.98. The molecule has 1 aliphatic rings. The molecule has 3 aromatic rings. The summed E-state index contributed by atoms with van der Waals surface area (Å²) in [4.78, 5) is 20.9. The number of thiazole rings is 1. The van der Waals surface area contributed by atoms with Crippen molar-refractivity contribution in [3.8, 4) is 10.6 Å². The van der Waals surface area contributed by atoms with Gasteiger partial charge in [-0.3, -0.25) is 9.78 Å². The number of amides is 1. The van der Waals surface area contributed by atoms with Gasteiger partial charge in [-0.25, -0.2) is 4.98 Å². The SMILES string of the molecule is O=C(Cc1csc(-c2cccnc2)n1)NCc1ccc2c(c1)CCC2. The molecule has 0 fully saturated rings. The Bertz CT molecular complexity index is 889. The zero-order valence-electron chi connectivity index (χ0n) is 13.9. The molecule has 0 aliphatic heterocycles. The summed E-state index contributed by atoms with van der Waals surface area (Å²) in [5.74, 6) is 0.00327. The molecular formula is C20H19N3OS. The number of aryl methyl sites for hydroxylation is 2. The van der Waals surface area contributed by atoms with Crippen LogP contribution in [-0.2, 0) is 30.6 Å². The molecule has 4 rings (SSSR count). The van der Waals surface area contributed by atoms with Gasteiger partial charge in [0.25, 0.3) is 0 Å². The summed E-state index contributed by atoms with van der Waals surface area (Å²) >= 11 is 1.54. The molecule has 4 nitrogen and oxygen atoms in total. The number of nitrogens with one attached hydrogen (secondary N) is 1. The van der Waals surface area contributed by atoms with Crippen molar-refractivity contribution in [1.82, 2.24) is 15.3 Å². The van der Waals surface area contributed by atoms with Crippen molar-refractivity contribution in [2.75, 3.05) is 0 Å². The summed E-state index contributed by atoms with van der Waals surface area (Å²) < 4.78 is 0. The third kappa shape index (κ3) is 3.77. The van der Waals surface area contributed by atoms with E-state index in [0.717, 1.165) is 22.7 Å². The summed E-state index contributed by atoms with van der Waals surface area (Å²) in [7, 11) is 0. The number of carbonyl (C=O) groups excluding carboxylic acids is 1. The van der Waals surface area contributed by atoms with Crippen molar-refractivity contribution in [2.45, 2.75) is 32.2 Å². The van der Waals surface area contributed by atoms with E-state index in [2.05, 4.69) is 33.5 Å². The van der Waals surface area contributed by atoms with Gasteiger partial charge in [0, 0.05) is 29.9 Å². The van der Waals surface area contributed by atoms with Crippen LogP contribution in [0.15, 0.2) is 48.1 Å². The fraction of sp³-hybridized carbons (Fsp3) is 0.250. The van der Waals surface area contributed by atoms with Gasteiger partial charge in [-0.15, -0.1) is 11.3 Å². The first-order valence-electron chi connectivity index (χ1n) is 8.50. The summed E-state index contributed by atoms with van der Waals surface area (Å²) in [6.07, 6.45) is 7.43. The molecule has 2 aromatic heterocycles. The van der Waals surface area contributed by atoms with Crippen molar-refractivity contribution >= 4 is 17.2 Å². The van der Waals surface area contributed by atoms with Gasteiger partial charge in [0.2, 0.25) is 5.91 Å². The minimum Gasteiger partial charge on any atom is -0.352 e. The Labute approximate surface area is 151 Å². The predicted octanol–water partition coefficient (Wildman–Crippen LogP) is 3.55. The number of rotatable bonds is 5. The Kier molecular flexibility index (Phi) is 4.57. The number of benzene rings is 1. The first kappa shape index (κ1) is 16.0. The molecule has 0 bridgehead atoms. The topological polar surface area (TPSA) is 54.9 Å². The number of fused-ring (bicyclic) bond motifs is 1. The van der Waals surface area contributed by atoms with Gasteiger partial charge < -0.3 is 5.32 Å². The molecule has 1 aromatic carbocycles. The Balaban J connectivity index is 1.34. The van der Waals surface area contributed by atoms with Crippen LogP contribution in [0.4, 0.5) is 0 Å². The number of nitrogens with zero attached hydrogens (tertiary/aromatic N) is 2. The lowest BCUT2D eigenvalue weighted by molar-refractivity contribution is -0.120. The summed E-state index contributed by atoms with van der Waals surface area (Å²) in [6, 6.07) is 10.4. The normalized spacial score (nSPS) is 12.8. The molecule has 1 N–H and O–H groups in total. The van der Waals surface area contributed by atoms with Gasteiger partial charge in [0.15, 0.2) is 0 Å². The lowest BCUT2D eigenvalue weighted by Crippen LogP contribution is -2.24. The van der Waals surface area contributed by atoms with Crippen LogP contribution >= 0.6 is 11.3 Å². The van der Waals surface area contributed by atoms with E-state index < -0.39 is 0 Å². The van der Waals surface area contributed by atoms with Crippen molar-refractivity contribution in [3.63, 3.8) is 0 Å². The Morgan fingerprint density at radius 1 is 1.20 bits per heavy atom. The summed E-state index contributed by atoms with van der Waals surface area (Å²) in [5, 5.41) is 5.84. The zero-order valence-corrected chi connectivity index (χ0v) is 14.7. The van der Waals surface area contributed by atoms with Gasteiger partial charge in [-0.1, -0.05) is 18.2 Å². The predicted molar refractivity (Wildman–Crippen MR) is 99.4 cm³/mol. The molecular weight excluding hydrogens is 330 g/mol. The van der Waals surface area contributed by atoms with Gasteiger partial charge in [0.1, 0.15) is 5.01 Å². The van der Waals surface area contributed by atoms with E-state index in [1.54, 1.807) is 23.7 Å². The van der Waals surface area contributed by atoms with Crippen LogP contribution in [-0.4, -0.2) is 15.9 Å². The van der Waals surface area contributed by atoms with Crippen LogP contribution in [0.3, 0.4) is 0 Å². The lowest BCUT2D eigenvalue weighted by atomic mass is 10.1. The third-order valence-electron chi connectivity index (χ3n) is 4.45. The average Bonchev–Trinajstić information content (AvgIpc) is 3.29. The highest BCUT2D eigenvalue weighted by Gasteiger charge is 2.12. The van der Waals surface area contributed by atoms with Gasteiger partial charge in [0.05, 0.1) is 12.1 Å². The second kappa shape index (κ2) is 7.15. The van der Waals surface area contributed by atoms with Crippen molar-refractivity contribution < 1.29 is 4.79 Å². The second-order valence-corrected chi connectivity index (χ2v) is 7.15. The van der Waals surface area contributed by atoms with E-state index in [0.29, 0.717) is 13.0 Å². The van der Waals surface area contributed by atoms with E-state index in [1.165, 1.54) is 29.5 Å². The molecule has 5 heteroatoms. The summed E-state index contributed by atoms with van der Waals surface area (Å²) in [5.41, 5.74) is 5.85. The Hall–Kier alpha value is -2.53. The number of carbonyl (C=O) groups is 1. The standard InChI is InChI=1S/C20H19N3OS/c24-19(22-11-14-6-7-15-3-1-4-16(15)9-14)10-18-13-25-20(23-18)17-5-2-8-21-12-17/h2,5-9,12-13H,1,3-4,10-11H2,(H,22,24). The van der Waals surface area contributed by atoms with Gasteiger partial charge >= 0.3 is 0 Å². The van der Waals surface area contributed by atoms with E-state index in [-0.39, 0.29) is 5.91 Å². The highest BCUT2D eigenvalue weighted by atomic mass is 32.1. The maximum atomic E-state index is 12.2. The summed E-state index contributed by atoms with van der Waals surface area (Å²) in [6.45, 7) is 0.575. The van der Waals surface area contributed by atoms with Crippen LogP contribution in [0.5, 0.6) is 0 Å². The largest absolute Gasteiger partial charge is 0.352 e. The average molecular weight is 349 g/mol. The molecule has 0 spiro atoms. The molecule has 0 unspecified atom stereocenters. The van der Waals surface area contributed by atoms with Crippen molar-refractivity contribution in [3.05, 3.63) is 70.5 Å². The number of pyridine rings is 1. The quantitative estimate of drug-likeness (QED) is 0.766. The smallest absolute Gasteiger partial charge is 0.226 e. The Morgan fingerprint density at radius 3 is 3.00 bits per heavy atom. The van der Waals surface area contributed by atoms with E-state index in [1.807, 2.05) is 17.5 Å². The maximum absolute atomic E-state index is 12.2. The van der Waals surface area contributed by atoms with Crippen molar-refractivity contribution in [1.29, 1.82) is 0 Å². The molecule has 0 saturated carbocycles. The van der Waals surface area contributed by atoms with Crippen LogP contribution < -0.4 is 5.32 Å². The first-order valence-corrected chi connectivity index (χ1v) is 9.38. The Morgan fingerprint density at radius 2 is 2.12 bits per heavy atom. The molecule has 0 atom stereocenters. The van der Waals surface area contributed by atoms with E-state index in [4.69, 9.17) is 0 Å². The van der Waals surface area contributed by atoms with Gasteiger partial charge in [-0.2, -0.15) is 0 Å². The minimum absolute atomic E-state index is 0.00327. The van der Waals surface area contributed by atoms with Crippen LogP contribution in [0.25, 0.3) is 10.6 Å².